The summed E-state index contributed by atoms with van der Waals surface area (Å²) in [6, 6.07) is 0. The molecule has 1 rings (SSSR count). The van der Waals surface area contributed by atoms with E-state index in [9.17, 15) is 9.59 Å². The first kappa shape index (κ1) is 16.9. The highest BCUT2D eigenvalue weighted by molar-refractivity contribution is 5.90. The second-order valence-corrected chi connectivity index (χ2v) is 5.14. The van der Waals surface area contributed by atoms with Gasteiger partial charge < -0.3 is 0 Å². The molecule has 1 aromatic heterocycles. The Hall–Kier alpha value is -2.17. The predicted octanol–water partition coefficient (Wildman–Crippen LogP) is 0.733. The van der Waals surface area contributed by atoms with Crippen molar-refractivity contribution in [2.75, 3.05) is 0 Å². The van der Waals surface area contributed by atoms with Gasteiger partial charge in [-0.1, -0.05) is 37.6 Å². The molecule has 0 saturated carbocycles. The normalized spacial score (nSPS) is 12.9. The van der Waals surface area contributed by atoms with Gasteiger partial charge in [0.15, 0.2) is 0 Å². The van der Waals surface area contributed by atoms with Crippen molar-refractivity contribution in [1.29, 1.82) is 0 Å². The average Bonchev–Trinajstić information content (AvgIpc) is 2.73. The van der Waals surface area contributed by atoms with Crippen LogP contribution in [0.2, 0.25) is 0 Å². The zero-order valence-electron chi connectivity index (χ0n) is 13.1. The van der Waals surface area contributed by atoms with Crippen molar-refractivity contribution < 1.29 is 9.59 Å². The van der Waals surface area contributed by atoms with Crippen LogP contribution in [0.15, 0.2) is 12.7 Å². The Balaban J connectivity index is 3.61. The van der Waals surface area contributed by atoms with Gasteiger partial charge in [0.25, 0.3) is 0 Å². The molecule has 0 aliphatic rings. The van der Waals surface area contributed by atoms with Gasteiger partial charge in [-0.15, -0.1) is 0 Å². The van der Waals surface area contributed by atoms with Crippen LogP contribution in [0.1, 0.15) is 45.2 Å². The third-order valence-corrected chi connectivity index (χ3v) is 3.30. The summed E-state index contributed by atoms with van der Waals surface area (Å²) in [7, 11) is 1.85. The number of aryl methyl sites for hydroxylation is 1. The van der Waals surface area contributed by atoms with E-state index in [0.717, 1.165) is 22.6 Å². The van der Waals surface area contributed by atoms with Crippen molar-refractivity contribution in [2.24, 2.45) is 7.05 Å². The van der Waals surface area contributed by atoms with Gasteiger partial charge in [-0.3, -0.25) is 19.6 Å². The number of nitrogens with zero attached hydrogens (tertiary/aromatic N) is 2. The van der Waals surface area contributed by atoms with Crippen molar-refractivity contribution in [3.05, 3.63) is 28.9 Å². The second kappa shape index (κ2) is 7.57. The van der Waals surface area contributed by atoms with E-state index >= 15 is 0 Å². The van der Waals surface area contributed by atoms with Crippen LogP contribution in [-0.2, 0) is 16.6 Å². The van der Waals surface area contributed by atoms with E-state index < -0.39 is 5.92 Å². The zero-order valence-corrected chi connectivity index (χ0v) is 13.1. The fraction of sp³-hybridized carbons (Fsp3) is 0.438. The van der Waals surface area contributed by atoms with Crippen LogP contribution in [0, 0.1) is 0 Å². The molecular weight excluding hydrogens is 266 g/mol. The fourth-order valence-corrected chi connectivity index (χ4v) is 2.53. The smallest absolute Gasteiger partial charge is 0.235 e. The van der Waals surface area contributed by atoms with E-state index in [4.69, 9.17) is 0 Å². The molecule has 0 spiro atoms. The number of aromatic nitrogens is 2. The second-order valence-electron chi connectivity index (χ2n) is 5.14. The van der Waals surface area contributed by atoms with Crippen LogP contribution in [0.5, 0.6) is 0 Å². The van der Waals surface area contributed by atoms with Crippen LogP contribution < -0.4 is 15.9 Å². The molecule has 0 fully saturated rings. The van der Waals surface area contributed by atoms with Gasteiger partial charge in [-0.2, -0.15) is 5.10 Å². The highest BCUT2D eigenvalue weighted by Gasteiger charge is 2.24. The van der Waals surface area contributed by atoms with E-state index in [1.165, 1.54) is 0 Å². The number of imide groups is 1. The highest BCUT2D eigenvalue weighted by atomic mass is 16.2. The third-order valence-electron chi connectivity index (χ3n) is 3.30. The molecule has 0 aromatic carbocycles. The summed E-state index contributed by atoms with van der Waals surface area (Å²) in [6.07, 6.45) is 5.43. The van der Waals surface area contributed by atoms with Crippen molar-refractivity contribution >= 4 is 24.0 Å². The molecule has 5 nitrogen and oxygen atoms in total. The van der Waals surface area contributed by atoms with Crippen LogP contribution in [0.3, 0.4) is 0 Å². The van der Waals surface area contributed by atoms with Crippen molar-refractivity contribution in [3.63, 3.8) is 0 Å². The number of carbonyl (C=O) groups excluding carboxylic acids is 2. The minimum absolute atomic E-state index is 0.316. The molecule has 1 heterocycles. The summed E-state index contributed by atoms with van der Waals surface area (Å²) in [4.78, 5) is 22.7. The lowest BCUT2D eigenvalue weighted by atomic mass is 9.97. The minimum atomic E-state index is -0.439. The topological polar surface area (TPSA) is 64.0 Å². The molecule has 0 saturated heterocycles. The van der Waals surface area contributed by atoms with E-state index in [-0.39, 0.29) is 5.91 Å². The van der Waals surface area contributed by atoms with Gasteiger partial charge in [0, 0.05) is 12.3 Å². The lowest BCUT2D eigenvalue weighted by Gasteiger charge is -2.11. The monoisotopic (exact) mass is 289 g/mol. The Labute approximate surface area is 125 Å². The maximum absolute atomic E-state index is 12.1. The molecule has 1 unspecified atom stereocenters. The molecule has 1 N–H and O–H groups in total. The lowest BCUT2D eigenvalue weighted by Crippen LogP contribution is -2.35. The van der Waals surface area contributed by atoms with Gasteiger partial charge in [-0.25, -0.2) is 0 Å². The Morgan fingerprint density at radius 1 is 1.48 bits per heavy atom. The molecule has 114 valence electrons. The number of carbonyl (C=O) groups is 2. The van der Waals surface area contributed by atoms with Gasteiger partial charge in [0.2, 0.25) is 12.3 Å². The van der Waals surface area contributed by atoms with Crippen LogP contribution in [0.4, 0.5) is 0 Å². The first-order valence-electron chi connectivity index (χ1n) is 7.05. The number of nitrogens with one attached hydrogen (secondary N) is 1. The first-order chi connectivity index (χ1) is 9.97. The van der Waals surface area contributed by atoms with Gasteiger partial charge in [0.05, 0.1) is 17.0 Å². The number of hydrogen-bond acceptors (Lipinski definition) is 3. The predicted molar refractivity (Wildman–Crippen MR) is 83.7 cm³/mol. The van der Waals surface area contributed by atoms with Crippen LogP contribution >= 0.6 is 0 Å². The lowest BCUT2D eigenvalue weighted by molar-refractivity contribution is -0.126. The summed E-state index contributed by atoms with van der Waals surface area (Å²) >= 11 is 0. The molecular formula is C16H23N3O2. The van der Waals surface area contributed by atoms with Crippen LogP contribution in [-0.4, -0.2) is 22.1 Å². The van der Waals surface area contributed by atoms with Crippen molar-refractivity contribution in [3.8, 4) is 0 Å². The Morgan fingerprint density at radius 3 is 2.62 bits per heavy atom. The number of hydrogen-bond donors (Lipinski definition) is 1. The molecule has 21 heavy (non-hydrogen) atoms. The largest absolute Gasteiger partial charge is 0.299 e. The highest BCUT2D eigenvalue weighted by Crippen LogP contribution is 2.16. The molecule has 0 aliphatic carbocycles. The maximum atomic E-state index is 12.1. The van der Waals surface area contributed by atoms with E-state index in [0.29, 0.717) is 18.5 Å². The molecule has 1 aromatic rings. The van der Waals surface area contributed by atoms with Gasteiger partial charge in [0.1, 0.15) is 0 Å². The standard InChI is InChI=1S/C16H23N3O2/c1-6-8-12-14(18-19(5)15(12)11(3)4)13(9-7-2)16(21)17-10-20/h6,8,10,13H,1,7,9H2,2-5H3,(H,17,20,21)/b12-8-. The summed E-state index contributed by atoms with van der Waals surface area (Å²) in [5.41, 5.74) is 1.80. The van der Waals surface area contributed by atoms with Crippen LogP contribution in [0.25, 0.3) is 11.6 Å². The Bertz CT molecular complexity index is 652. The molecule has 0 bridgehead atoms. The maximum Gasteiger partial charge on any atom is 0.235 e. The van der Waals surface area contributed by atoms with E-state index in [1.54, 1.807) is 10.8 Å². The molecule has 2 amide bonds. The fourth-order valence-electron chi connectivity index (χ4n) is 2.53. The Kier molecular flexibility index (Phi) is 6.09. The van der Waals surface area contributed by atoms with E-state index in [1.807, 2.05) is 33.9 Å². The van der Waals surface area contributed by atoms with Crippen molar-refractivity contribution in [2.45, 2.75) is 39.5 Å². The number of allylic oxidation sites excluding steroid dienone is 1. The molecule has 0 aliphatic heterocycles. The SMILES string of the molecule is C=C/C=c1/c(C(CCC)C(=O)NC=O)nn(C)c1=C(C)C. The van der Waals surface area contributed by atoms with Gasteiger partial charge >= 0.3 is 0 Å². The first-order valence-corrected chi connectivity index (χ1v) is 7.05. The van der Waals surface area contributed by atoms with Crippen molar-refractivity contribution in [1.82, 2.24) is 15.1 Å². The Morgan fingerprint density at radius 2 is 2.14 bits per heavy atom. The number of amides is 2. The zero-order chi connectivity index (χ0) is 16.0. The summed E-state index contributed by atoms with van der Waals surface area (Å²) in [5.74, 6) is -0.755. The van der Waals surface area contributed by atoms with E-state index in [2.05, 4.69) is 17.0 Å². The summed E-state index contributed by atoms with van der Waals surface area (Å²) in [6.45, 7) is 9.74. The average molecular weight is 289 g/mol. The minimum Gasteiger partial charge on any atom is -0.299 e. The molecule has 1 atom stereocenters. The number of rotatable bonds is 6. The molecule has 0 radical (unpaired) electrons. The third kappa shape index (κ3) is 3.68. The van der Waals surface area contributed by atoms with Gasteiger partial charge in [-0.05, 0) is 20.3 Å². The molecule has 5 heteroatoms. The summed E-state index contributed by atoms with van der Waals surface area (Å²) in [5, 5.41) is 8.63. The quantitative estimate of drug-likeness (QED) is 0.785. The summed E-state index contributed by atoms with van der Waals surface area (Å²) < 4.78 is 1.77.